The first-order valence-electron chi connectivity index (χ1n) is 4.08. The normalized spacial score (nSPS) is 10.2. The Labute approximate surface area is 72.4 Å². The maximum atomic E-state index is 10.7. The molecule has 0 N–H and O–H groups in total. The summed E-state index contributed by atoms with van der Waals surface area (Å²) >= 11 is 0. The van der Waals surface area contributed by atoms with Gasteiger partial charge in [0.2, 0.25) is 0 Å². The van der Waals surface area contributed by atoms with Crippen LogP contribution in [-0.2, 0) is 18.3 Å². The summed E-state index contributed by atoms with van der Waals surface area (Å²) in [5.41, 5.74) is 2.32. The summed E-state index contributed by atoms with van der Waals surface area (Å²) in [5.74, 6) is 0.234. The third-order valence-electron chi connectivity index (χ3n) is 2.08. The minimum Gasteiger partial charge on any atom is -0.300 e. The molecular formula is C9H14N2O. The van der Waals surface area contributed by atoms with Crippen molar-refractivity contribution in [3.63, 3.8) is 0 Å². The van der Waals surface area contributed by atoms with Gasteiger partial charge in [-0.1, -0.05) is 0 Å². The van der Waals surface area contributed by atoms with Gasteiger partial charge in [-0.05, 0) is 25.8 Å². The summed E-state index contributed by atoms with van der Waals surface area (Å²) < 4.78 is 1.83. The van der Waals surface area contributed by atoms with Crippen molar-refractivity contribution in [2.24, 2.45) is 7.05 Å². The highest BCUT2D eigenvalue weighted by Gasteiger charge is 2.03. The molecule has 0 aliphatic heterocycles. The molecule has 0 aliphatic carbocycles. The number of ketones is 1. The summed E-state index contributed by atoms with van der Waals surface area (Å²) in [5, 5.41) is 4.10. The monoisotopic (exact) mass is 166 g/mol. The molecule has 1 heterocycles. The van der Waals surface area contributed by atoms with Crippen molar-refractivity contribution < 1.29 is 4.79 Å². The first-order chi connectivity index (χ1) is 5.61. The van der Waals surface area contributed by atoms with Crippen molar-refractivity contribution in [1.82, 2.24) is 9.78 Å². The minimum absolute atomic E-state index is 0.234. The molecule has 1 aromatic rings. The van der Waals surface area contributed by atoms with Crippen LogP contribution < -0.4 is 0 Å². The number of hydrogen-bond donors (Lipinski definition) is 0. The van der Waals surface area contributed by atoms with E-state index >= 15 is 0 Å². The van der Waals surface area contributed by atoms with Crippen LogP contribution in [0.3, 0.4) is 0 Å². The molecule has 0 aliphatic rings. The average Bonchev–Trinajstić information content (AvgIpc) is 2.30. The third kappa shape index (κ3) is 1.94. The number of Topliss-reactive ketones (excluding diaryl/α,β-unsaturated/α-hetero) is 1. The maximum absolute atomic E-state index is 10.7. The van der Waals surface area contributed by atoms with E-state index in [4.69, 9.17) is 0 Å². The van der Waals surface area contributed by atoms with Gasteiger partial charge in [0.25, 0.3) is 0 Å². The summed E-state index contributed by atoms with van der Waals surface area (Å²) in [4.78, 5) is 10.7. The van der Waals surface area contributed by atoms with Gasteiger partial charge in [-0.2, -0.15) is 5.10 Å². The van der Waals surface area contributed by atoms with Crippen LogP contribution in [-0.4, -0.2) is 15.6 Å². The fourth-order valence-electron chi connectivity index (χ4n) is 1.10. The van der Waals surface area contributed by atoms with E-state index in [0.717, 1.165) is 12.1 Å². The molecule has 0 spiro atoms. The van der Waals surface area contributed by atoms with Crippen LogP contribution in [0.15, 0.2) is 6.20 Å². The largest absolute Gasteiger partial charge is 0.300 e. The lowest BCUT2D eigenvalue weighted by Crippen LogP contribution is -1.97. The van der Waals surface area contributed by atoms with Gasteiger partial charge in [0.1, 0.15) is 5.78 Å². The molecule has 0 saturated carbocycles. The molecule has 0 radical (unpaired) electrons. The Kier molecular flexibility index (Phi) is 2.63. The first-order valence-corrected chi connectivity index (χ1v) is 4.08. The zero-order chi connectivity index (χ0) is 9.14. The van der Waals surface area contributed by atoms with Gasteiger partial charge in [0, 0.05) is 19.2 Å². The Balaban J connectivity index is 2.63. The van der Waals surface area contributed by atoms with Crippen LogP contribution in [0.2, 0.25) is 0 Å². The highest BCUT2D eigenvalue weighted by atomic mass is 16.1. The topological polar surface area (TPSA) is 34.9 Å². The smallest absolute Gasteiger partial charge is 0.130 e. The lowest BCUT2D eigenvalue weighted by atomic mass is 10.1. The second kappa shape index (κ2) is 3.52. The van der Waals surface area contributed by atoms with E-state index in [1.54, 1.807) is 6.92 Å². The molecule has 0 aromatic carbocycles. The maximum Gasteiger partial charge on any atom is 0.130 e. The second-order valence-electron chi connectivity index (χ2n) is 3.08. The van der Waals surface area contributed by atoms with E-state index < -0.39 is 0 Å². The Morgan fingerprint density at radius 3 is 2.75 bits per heavy atom. The van der Waals surface area contributed by atoms with Crippen molar-refractivity contribution >= 4 is 5.78 Å². The van der Waals surface area contributed by atoms with Gasteiger partial charge >= 0.3 is 0 Å². The number of hydrogen-bond acceptors (Lipinski definition) is 2. The van der Waals surface area contributed by atoms with Gasteiger partial charge in [-0.15, -0.1) is 0 Å². The van der Waals surface area contributed by atoms with Crippen molar-refractivity contribution in [1.29, 1.82) is 0 Å². The first kappa shape index (κ1) is 8.97. The van der Waals surface area contributed by atoms with E-state index in [1.165, 1.54) is 5.56 Å². The number of rotatable bonds is 3. The second-order valence-corrected chi connectivity index (χ2v) is 3.08. The lowest BCUT2D eigenvalue weighted by Gasteiger charge is -1.97. The zero-order valence-electron chi connectivity index (χ0n) is 7.79. The van der Waals surface area contributed by atoms with E-state index in [2.05, 4.69) is 5.10 Å². The van der Waals surface area contributed by atoms with Crippen molar-refractivity contribution in [3.8, 4) is 0 Å². The van der Waals surface area contributed by atoms with Crippen LogP contribution >= 0.6 is 0 Å². The molecule has 0 bridgehead atoms. The zero-order valence-corrected chi connectivity index (χ0v) is 7.79. The summed E-state index contributed by atoms with van der Waals surface area (Å²) in [6, 6.07) is 0. The van der Waals surface area contributed by atoms with E-state index in [1.807, 2.05) is 24.9 Å². The fourth-order valence-corrected chi connectivity index (χ4v) is 1.10. The van der Waals surface area contributed by atoms with Crippen LogP contribution in [0.4, 0.5) is 0 Å². The highest BCUT2D eigenvalue weighted by molar-refractivity contribution is 5.75. The molecule has 3 nitrogen and oxygen atoms in total. The van der Waals surface area contributed by atoms with Crippen LogP contribution in [0.5, 0.6) is 0 Å². The highest BCUT2D eigenvalue weighted by Crippen LogP contribution is 2.08. The van der Waals surface area contributed by atoms with Crippen molar-refractivity contribution in [3.05, 3.63) is 17.5 Å². The molecule has 3 heteroatoms. The molecular weight excluding hydrogens is 152 g/mol. The number of nitrogens with zero attached hydrogens (tertiary/aromatic N) is 2. The molecule has 1 rings (SSSR count). The van der Waals surface area contributed by atoms with Crippen molar-refractivity contribution in [2.75, 3.05) is 0 Å². The minimum atomic E-state index is 0.234. The lowest BCUT2D eigenvalue weighted by molar-refractivity contribution is -0.116. The number of aromatic nitrogens is 2. The SMILES string of the molecule is CC(=O)CCc1cnn(C)c1C. The molecule has 12 heavy (non-hydrogen) atoms. The standard InChI is InChI=1S/C9H14N2O/c1-7(12)4-5-9-6-10-11(3)8(9)2/h6H,4-5H2,1-3H3. The van der Waals surface area contributed by atoms with E-state index in [-0.39, 0.29) is 5.78 Å². The van der Waals surface area contributed by atoms with Gasteiger partial charge in [0.15, 0.2) is 0 Å². The predicted molar refractivity (Wildman–Crippen MR) is 46.9 cm³/mol. The van der Waals surface area contributed by atoms with E-state index in [9.17, 15) is 4.79 Å². The Morgan fingerprint density at radius 2 is 2.33 bits per heavy atom. The van der Waals surface area contributed by atoms with Crippen molar-refractivity contribution in [2.45, 2.75) is 26.7 Å². The van der Waals surface area contributed by atoms with Gasteiger partial charge < -0.3 is 4.79 Å². The number of carbonyl (C=O) groups is 1. The van der Waals surface area contributed by atoms with Gasteiger partial charge in [0.05, 0.1) is 6.20 Å². The summed E-state index contributed by atoms with van der Waals surface area (Å²) in [7, 11) is 1.91. The summed E-state index contributed by atoms with van der Waals surface area (Å²) in [6.07, 6.45) is 3.26. The van der Waals surface area contributed by atoms with Gasteiger partial charge in [-0.25, -0.2) is 0 Å². The van der Waals surface area contributed by atoms with E-state index in [0.29, 0.717) is 6.42 Å². The average molecular weight is 166 g/mol. The molecule has 66 valence electrons. The molecule has 0 amide bonds. The Bertz CT molecular complexity index is 289. The molecule has 1 aromatic heterocycles. The van der Waals surface area contributed by atoms with Gasteiger partial charge in [-0.3, -0.25) is 4.68 Å². The molecule has 0 saturated heterocycles. The Morgan fingerprint density at radius 1 is 1.67 bits per heavy atom. The number of aryl methyl sites for hydroxylation is 2. The molecule has 0 fully saturated rings. The van der Waals surface area contributed by atoms with Crippen LogP contribution in [0.25, 0.3) is 0 Å². The number of carbonyl (C=O) groups excluding carboxylic acids is 1. The fraction of sp³-hybridized carbons (Fsp3) is 0.556. The summed E-state index contributed by atoms with van der Waals surface area (Å²) in [6.45, 7) is 3.63. The third-order valence-corrected chi connectivity index (χ3v) is 2.08. The molecule has 0 atom stereocenters. The molecule has 0 unspecified atom stereocenters. The Hall–Kier alpha value is -1.12. The quantitative estimate of drug-likeness (QED) is 0.677. The van der Waals surface area contributed by atoms with Crippen LogP contribution in [0.1, 0.15) is 24.6 Å². The predicted octanol–water partition coefficient (Wildman–Crippen LogP) is 1.25. The van der Waals surface area contributed by atoms with Crippen LogP contribution in [0, 0.1) is 6.92 Å².